The van der Waals surface area contributed by atoms with Gasteiger partial charge in [-0.05, 0) is 23.9 Å². The van der Waals surface area contributed by atoms with Crippen molar-refractivity contribution in [2.75, 3.05) is 35.0 Å². The number of carbonyl (C=O) groups excluding carboxylic acids is 1. The Bertz CT molecular complexity index is 534. The number of amides is 1. The third-order valence-electron chi connectivity index (χ3n) is 2.83. The van der Waals surface area contributed by atoms with Gasteiger partial charge >= 0.3 is 0 Å². The first-order valence-electron chi connectivity index (χ1n) is 5.88. The first kappa shape index (κ1) is 14.5. The molecule has 0 bridgehead atoms. The van der Waals surface area contributed by atoms with Crippen LogP contribution in [0.5, 0.6) is 17.2 Å². The summed E-state index contributed by atoms with van der Waals surface area (Å²) in [5, 5.41) is 0.608. The lowest BCUT2D eigenvalue weighted by Gasteiger charge is -2.21. The van der Waals surface area contributed by atoms with E-state index in [4.69, 9.17) is 14.2 Å². The van der Waals surface area contributed by atoms with Gasteiger partial charge in [0.1, 0.15) is 11.7 Å². The van der Waals surface area contributed by atoms with Crippen molar-refractivity contribution in [1.82, 2.24) is 4.90 Å². The molecule has 0 aromatic heterocycles. The van der Waals surface area contributed by atoms with Crippen LogP contribution in [0, 0.1) is 0 Å². The number of hydrogen-bond donors (Lipinski definition) is 0. The van der Waals surface area contributed by atoms with E-state index in [1.54, 1.807) is 45.4 Å². The van der Waals surface area contributed by atoms with Crippen LogP contribution in [0.2, 0.25) is 0 Å². The SMILES string of the molecule is COc1cc(C2=NCN(C)C(=O)S2)cc(OC)c1OC. The number of thioether (sulfide) groups is 1. The smallest absolute Gasteiger partial charge is 0.289 e. The van der Waals surface area contributed by atoms with Crippen molar-refractivity contribution in [3.63, 3.8) is 0 Å². The van der Waals surface area contributed by atoms with Crippen molar-refractivity contribution >= 4 is 22.0 Å². The van der Waals surface area contributed by atoms with E-state index < -0.39 is 0 Å². The zero-order chi connectivity index (χ0) is 14.7. The first-order valence-corrected chi connectivity index (χ1v) is 6.70. The molecule has 0 saturated heterocycles. The molecule has 1 heterocycles. The van der Waals surface area contributed by atoms with E-state index in [0.29, 0.717) is 29.0 Å². The van der Waals surface area contributed by atoms with E-state index in [1.807, 2.05) is 0 Å². The first-order chi connectivity index (χ1) is 9.60. The number of methoxy groups -OCH3 is 3. The molecule has 7 heteroatoms. The summed E-state index contributed by atoms with van der Waals surface area (Å²) in [5.74, 6) is 1.59. The van der Waals surface area contributed by atoms with Gasteiger partial charge in [0.05, 0.1) is 21.3 Å². The fraction of sp³-hybridized carbons (Fsp3) is 0.385. The van der Waals surface area contributed by atoms with Gasteiger partial charge < -0.3 is 19.1 Å². The zero-order valence-corrected chi connectivity index (χ0v) is 12.6. The molecule has 2 rings (SSSR count). The number of ether oxygens (including phenoxy) is 3. The number of carbonyl (C=O) groups is 1. The predicted molar refractivity (Wildman–Crippen MR) is 78.3 cm³/mol. The van der Waals surface area contributed by atoms with Crippen LogP contribution in [0.25, 0.3) is 0 Å². The number of benzene rings is 1. The van der Waals surface area contributed by atoms with Gasteiger partial charge in [0, 0.05) is 12.6 Å². The fourth-order valence-electron chi connectivity index (χ4n) is 1.78. The van der Waals surface area contributed by atoms with E-state index in [-0.39, 0.29) is 5.24 Å². The van der Waals surface area contributed by atoms with E-state index >= 15 is 0 Å². The number of hydrogen-bond acceptors (Lipinski definition) is 6. The Morgan fingerprint density at radius 2 is 1.75 bits per heavy atom. The molecule has 1 aromatic carbocycles. The van der Waals surface area contributed by atoms with Crippen molar-refractivity contribution in [2.45, 2.75) is 0 Å². The standard InChI is InChI=1S/C13H16N2O4S/c1-15-7-14-12(20-13(15)16)8-5-9(17-2)11(19-4)10(6-8)18-3/h5-6H,7H2,1-4H3. The lowest BCUT2D eigenvalue weighted by molar-refractivity contribution is 0.234. The third-order valence-corrected chi connectivity index (χ3v) is 3.88. The molecule has 0 saturated carbocycles. The molecule has 0 radical (unpaired) electrons. The molecule has 0 N–H and O–H groups in total. The van der Waals surface area contributed by atoms with Crippen LogP contribution < -0.4 is 14.2 Å². The van der Waals surface area contributed by atoms with Gasteiger partial charge in [-0.25, -0.2) is 0 Å². The molecule has 1 aromatic rings. The van der Waals surface area contributed by atoms with Crippen LogP contribution in [0.3, 0.4) is 0 Å². The second-order valence-electron chi connectivity index (χ2n) is 4.08. The van der Waals surface area contributed by atoms with Gasteiger partial charge in [-0.3, -0.25) is 9.79 Å². The summed E-state index contributed by atoms with van der Waals surface area (Å²) in [6, 6.07) is 3.57. The zero-order valence-electron chi connectivity index (χ0n) is 11.8. The summed E-state index contributed by atoms with van der Waals surface area (Å²) in [5.41, 5.74) is 0.769. The Balaban J connectivity index is 2.45. The molecule has 20 heavy (non-hydrogen) atoms. The van der Waals surface area contributed by atoms with Crippen molar-refractivity contribution in [2.24, 2.45) is 4.99 Å². The molecule has 1 aliphatic rings. The summed E-state index contributed by atoms with van der Waals surface area (Å²) in [6.07, 6.45) is 0. The van der Waals surface area contributed by atoms with Crippen LogP contribution in [-0.2, 0) is 0 Å². The highest BCUT2D eigenvalue weighted by molar-refractivity contribution is 8.26. The van der Waals surface area contributed by atoms with E-state index in [2.05, 4.69) is 4.99 Å². The van der Waals surface area contributed by atoms with Crippen molar-refractivity contribution < 1.29 is 19.0 Å². The van der Waals surface area contributed by atoms with Crippen LogP contribution in [0.15, 0.2) is 17.1 Å². The van der Waals surface area contributed by atoms with Crippen LogP contribution in [-0.4, -0.2) is 50.2 Å². The van der Waals surface area contributed by atoms with E-state index in [9.17, 15) is 4.79 Å². The van der Waals surface area contributed by atoms with Gasteiger partial charge in [-0.1, -0.05) is 0 Å². The average molecular weight is 296 g/mol. The summed E-state index contributed by atoms with van der Waals surface area (Å²) >= 11 is 1.08. The molecule has 0 aliphatic carbocycles. The quantitative estimate of drug-likeness (QED) is 0.852. The highest BCUT2D eigenvalue weighted by Crippen LogP contribution is 2.39. The summed E-state index contributed by atoms with van der Waals surface area (Å²) in [7, 11) is 6.36. The fourth-order valence-corrected chi connectivity index (χ4v) is 2.51. The Hall–Kier alpha value is -1.89. The lowest BCUT2D eigenvalue weighted by Crippen LogP contribution is -2.28. The minimum Gasteiger partial charge on any atom is -0.493 e. The van der Waals surface area contributed by atoms with E-state index in [0.717, 1.165) is 17.3 Å². The highest BCUT2D eigenvalue weighted by atomic mass is 32.2. The van der Waals surface area contributed by atoms with Crippen LogP contribution in [0.1, 0.15) is 5.56 Å². The monoisotopic (exact) mass is 296 g/mol. The average Bonchev–Trinajstić information content (AvgIpc) is 2.48. The van der Waals surface area contributed by atoms with Gasteiger partial charge in [0.2, 0.25) is 5.75 Å². The Kier molecular flexibility index (Phi) is 4.39. The lowest BCUT2D eigenvalue weighted by atomic mass is 10.2. The molecular formula is C13H16N2O4S. The summed E-state index contributed by atoms with van der Waals surface area (Å²) in [6.45, 7) is 0.345. The second-order valence-corrected chi connectivity index (χ2v) is 5.02. The van der Waals surface area contributed by atoms with Gasteiger partial charge in [0.25, 0.3) is 5.24 Å². The maximum Gasteiger partial charge on any atom is 0.289 e. The summed E-state index contributed by atoms with van der Waals surface area (Å²) < 4.78 is 15.9. The molecule has 0 unspecified atom stereocenters. The predicted octanol–water partition coefficient (Wildman–Crippen LogP) is 2.22. The topological polar surface area (TPSA) is 60.4 Å². The molecule has 108 valence electrons. The Labute approximate surface area is 121 Å². The van der Waals surface area contributed by atoms with E-state index in [1.165, 1.54) is 0 Å². The summed E-state index contributed by atoms with van der Waals surface area (Å²) in [4.78, 5) is 17.6. The molecule has 0 spiro atoms. The molecule has 0 atom stereocenters. The second kappa shape index (κ2) is 6.04. The van der Waals surface area contributed by atoms with Gasteiger partial charge in [0.15, 0.2) is 11.5 Å². The molecule has 6 nitrogen and oxygen atoms in total. The van der Waals surface area contributed by atoms with Crippen molar-refractivity contribution in [1.29, 1.82) is 0 Å². The van der Waals surface area contributed by atoms with Gasteiger partial charge in [-0.15, -0.1) is 0 Å². The number of rotatable bonds is 4. The van der Waals surface area contributed by atoms with Gasteiger partial charge in [-0.2, -0.15) is 0 Å². The maximum atomic E-state index is 11.7. The normalized spacial score (nSPS) is 14.9. The molecule has 0 fully saturated rings. The van der Waals surface area contributed by atoms with Crippen LogP contribution >= 0.6 is 11.8 Å². The van der Waals surface area contributed by atoms with Crippen molar-refractivity contribution in [3.05, 3.63) is 17.7 Å². The minimum atomic E-state index is -0.0382. The third kappa shape index (κ3) is 2.67. The Morgan fingerprint density at radius 3 is 2.20 bits per heavy atom. The molecule has 1 amide bonds. The minimum absolute atomic E-state index is 0.0382. The largest absolute Gasteiger partial charge is 0.493 e. The molecular weight excluding hydrogens is 280 g/mol. The number of aliphatic imine (C=N–C) groups is 1. The number of nitrogens with zero attached hydrogens (tertiary/aromatic N) is 2. The highest BCUT2D eigenvalue weighted by Gasteiger charge is 2.22. The maximum absolute atomic E-state index is 11.7. The van der Waals surface area contributed by atoms with Crippen LogP contribution in [0.4, 0.5) is 4.79 Å². The van der Waals surface area contributed by atoms with Crippen molar-refractivity contribution in [3.8, 4) is 17.2 Å². The Morgan fingerprint density at radius 1 is 1.15 bits per heavy atom. The molecule has 1 aliphatic heterocycles.